The van der Waals surface area contributed by atoms with E-state index in [0.29, 0.717) is 5.82 Å². The molecule has 2 amide bonds. The summed E-state index contributed by atoms with van der Waals surface area (Å²) in [6, 6.07) is 11.7. The van der Waals surface area contributed by atoms with Crippen LogP contribution in [0.1, 0.15) is 18.6 Å². The summed E-state index contributed by atoms with van der Waals surface area (Å²) in [6.45, 7) is 1.74. The number of hydrogen-bond acceptors (Lipinski definition) is 3. The quantitative estimate of drug-likeness (QED) is 0.793. The number of aliphatic hydroxyl groups is 1. The van der Waals surface area contributed by atoms with E-state index < -0.39 is 18.2 Å². The number of nitrogens with one attached hydrogen (secondary N) is 2. The van der Waals surface area contributed by atoms with Crippen LogP contribution in [0.25, 0.3) is 0 Å². The minimum Gasteiger partial charge on any atom is -0.386 e. The lowest BCUT2D eigenvalue weighted by Gasteiger charge is -2.20. The first-order chi connectivity index (χ1) is 10.1. The van der Waals surface area contributed by atoms with E-state index in [2.05, 4.69) is 31.5 Å². The maximum absolute atomic E-state index is 11.8. The summed E-state index contributed by atoms with van der Waals surface area (Å²) in [5.41, 5.74) is 0.740. The standard InChI is InChI=1S/C15H16BrN3O2/c1-10(14(20)11-5-7-12(16)8-6-11)18-15(21)19-13-4-2-3-9-17-13/h2-10,14,20H,1H3,(H2,17,18,19,21). The number of aromatic nitrogens is 1. The molecule has 0 fully saturated rings. The van der Waals surface area contributed by atoms with Crippen LogP contribution in [0.2, 0.25) is 0 Å². The third kappa shape index (κ3) is 4.54. The molecule has 2 aromatic rings. The molecule has 1 aromatic carbocycles. The van der Waals surface area contributed by atoms with Gasteiger partial charge in [0.15, 0.2) is 0 Å². The molecule has 0 spiro atoms. The molecule has 2 atom stereocenters. The first kappa shape index (κ1) is 15.5. The summed E-state index contributed by atoms with van der Waals surface area (Å²) >= 11 is 3.34. The van der Waals surface area contributed by atoms with Gasteiger partial charge < -0.3 is 10.4 Å². The number of carbonyl (C=O) groups is 1. The van der Waals surface area contributed by atoms with E-state index >= 15 is 0 Å². The molecule has 21 heavy (non-hydrogen) atoms. The van der Waals surface area contributed by atoms with Crippen molar-refractivity contribution in [3.8, 4) is 0 Å². The van der Waals surface area contributed by atoms with E-state index in [0.717, 1.165) is 10.0 Å². The smallest absolute Gasteiger partial charge is 0.320 e. The highest BCUT2D eigenvalue weighted by Crippen LogP contribution is 2.19. The molecule has 2 unspecified atom stereocenters. The lowest BCUT2D eigenvalue weighted by Crippen LogP contribution is -2.39. The van der Waals surface area contributed by atoms with Crippen LogP contribution in [0, 0.1) is 0 Å². The van der Waals surface area contributed by atoms with Crippen molar-refractivity contribution in [1.29, 1.82) is 0 Å². The summed E-state index contributed by atoms with van der Waals surface area (Å²) in [5.74, 6) is 0.459. The van der Waals surface area contributed by atoms with Crippen LogP contribution in [-0.4, -0.2) is 22.2 Å². The number of carbonyl (C=O) groups excluding carboxylic acids is 1. The molecule has 5 nitrogen and oxygen atoms in total. The fourth-order valence-electron chi connectivity index (χ4n) is 1.82. The van der Waals surface area contributed by atoms with E-state index in [9.17, 15) is 9.90 Å². The Morgan fingerprint density at radius 2 is 1.95 bits per heavy atom. The van der Waals surface area contributed by atoms with Gasteiger partial charge in [-0.2, -0.15) is 0 Å². The molecule has 0 aliphatic rings. The number of benzene rings is 1. The van der Waals surface area contributed by atoms with Crippen LogP contribution in [-0.2, 0) is 0 Å². The Kier molecular flexibility index (Phi) is 5.30. The molecule has 1 heterocycles. The zero-order chi connectivity index (χ0) is 15.2. The SMILES string of the molecule is CC(NC(=O)Nc1ccccn1)C(O)c1ccc(Br)cc1. The Labute approximate surface area is 131 Å². The zero-order valence-corrected chi connectivity index (χ0v) is 13.0. The fraction of sp³-hybridized carbons (Fsp3) is 0.200. The number of aliphatic hydroxyl groups excluding tert-OH is 1. The van der Waals surface area contributed by atoms with E-state index in [1.165, 1.54) is 0 Å². The minimum atomic E-state index is -0.785. The van der Waals surface area contributed by atoms with Crippen molar-refractivity contribution in [2.75, 3.05) is 5.32 Å². The second kappa shape index (κ2) is 7.19. The molecule has 1 aromatic heterocycles. The molecule has 0 aliphatic heterocycles. The van der Waals surface area contributed by atoms with Crippen molar-refractivity contribution < 1.29 is 9.90 Å². The van der Waals surface area contributed by atoms with Crippen molar-refractivity contribution in [3.05, 3.63) is 58.7 Å². The van der Waals surface area contributed by atoms with Crippen molar-refractivity contribution >= 4 is 27.8 Å². The van der Waals surface area contributed by atoms with Gasteiger partial charge in [0.2, 0.25) is 0 Å². The van der Waals surface area contributed by atoms with E-state index in [1.807, 2.05) is 24.3 Å². The van der Waals surface area contributed by atoms with Gasteiger partial charge in [-0.05, 0) is 36.8 Å². The Bertz CT molecular complexity index is 590. The minimum absolute atomic E-state index is 0.405. The summed E-state index contributed by atoms with van der Waals surface area (Å²) < 4.78 is 0.937. The summed E-state index contributed by atoms with van der Waals surface area (Å²) in [4.78, 5) is 15.8. The number of amides is 2. The molecule has 0 bridgehead atoms. The molecule has 0 aliphatic carbocycles. The highest BCUT2D eigenvalue weighted by molar-refractivity contribution is 9.10. The lowest BCUT2D eigenvalue weighted by atomic mass is 10.0. The summed E-state index contributed by atoms with van der Waals surface area (Å²) in [6.07, 6.45) is 0.808. The molecular formula is C15H16BrN3O2. The highest BCUT2D eigenvalue weighted by atomic mass is 79.9. The average Bonchev–Trinajstić information content (AvgIpc) is 2.48. The van der Waals surface area contributed by atoms with Crippen molar-refractivity contribution in [1.82, 2.24) is 10.3 Å². The number of hydrogen-bond donors (Lipinski definition) is 3. The predicted molar refractivity (Wildman–Crippen MR) is 85.0 cm³/mol. The lowest BCUT2D eigenvalue weighted by molar-refractivity contribution is 0.139. The summed E-state index contributed by atoms with van der Waals surface area (Å²) in [7, 11) is 0. The number of nitrogens with zero attached hydrogens (tertiary/aromatic N) is 1. The topological polar surface area (TPSA) is 74.2 Å². The maximum atomic E-state index is 11.8. The molecular weight excluding hydrogens is 334 g/mol. The molecule has 2 rings (SSSR count). The first-order valence-electron chi connectivity index (χ1n) is 6.48. The van der Waals surface area contributed by atoms with Gasteiger partial charge in [-0.3, -0.25) is 5.32 Å². The number of rotatable bonds is 4. The Morgan fingerprint density at radius 1 is 1.24 bits per heavy atom. The predicted octanol–water partition coefficient (Wildman–Crippen LogP) is 3.09. The molecule has 3 N–H and O–H groups in total. The van der Waals surface area contributed by atoms with Gasteiger partial charge in [-0.15, -0.1) is 0 Å². The van der Waals surface area contributed by atoms with Gasteiger partial charge in [0, 0.05) is 10.7 Å². The maximum Gasteiger partial charge on any atom is 0.320 e. The normalized spacial score (nSPS) is 13.3. The molecule has 0 radical (unpaired) electrons. The van der Waals surface area contributed by atoms with Crippen LogP contribution in [0.15, 0.2) is 53.1 Å². The second-order valence-corrected chi connectivity index (χ2v) is 5.51. The Hall–Kier alpha value is -1.92. The first-order valence-corrected chi connectivity index (χ1v) is 7.27. The molecule has 6 heteroatoms. The van der Waals surface area contributed by atoms with E-state index in [-0.39, 0.29) is 0 Å². The largest absolute Gasteiger partial charge is 0.386 e. The van der Waals surface area contributed by atoms with Crippen molar-refractivity contribution in [2.24, 2.45) is 0 Å². The van der Waals surface area contributed by atoms with Gasteiger partial charge in [0.1, 0.15) is 5.82 Å². The van der Waals surface area contributed by atoms with E-state index in [4.69, 9.17) is 0 Å². The summed E-state index contributed by atoms with van der Waals surface area (Å²) in [5, 5.41) is 15.5. The third-order valence-corrected chi connectivity index (χ3v) is 3.48. The van der Waals surface area contributed by atoms with Gasteiger partial charge in [-0.25, -0.2) is 9.78 Å². The van der Waals surface area contributed by atoms with Crippen molar-refractivity contribution in [3.63, 3.8) is 0 Å². The van der Waals surface area contributed by atoms with Crippen molar-refractivity contribution in [2.45, 2.75) is 19.1 Å². The molecule has 0 saturated heterocycles. The number of anilines is 1. The third-order valence-electron chi connectivity index (χ3n) is 2.95. The molecule has 110 valence electrons. The number of urea groups is 1. The van der Waals surface area contributed by atoms with Crippen LogP contribution < -0.4 is 10.6 Å². The molecule has 0 saturated carbocycles. The fourth-order valence-corrected chi connectivity index (χ4v) is 2.09. The Balaban J connectivity index is 1.92. The van der Waals surface area contributed by atoms with E-state index in [1.54, 1.807) is 31.3 Å². The van der Waals surface area contributed by atoms with Gasteiger partial charge in [0.25, 0.3) is 0 Å². The van der Waals surface area contributed by atoms with Crippen LogP contribution in [0.4, 0.5) is 10.6 Å². The van der Waals surface area contributed by atoms with Gasteiger partial charge >= 0.3 is 6.03 Å². The zero-order valence-electron chi connectivity index (χ0n) is 11.5. The highest BCUT2D eigenvalue weighted by Gasteiger charge is 2.18. The van der Waals surface area contributed by atoms with Crippen LogP contribution >= 0.6 is 15.9 Å². The number of halogens is 1. The van der Waals surface area contributed by atoms with Crippen LogP contribution in [0.5, 0.6) is 0 Å². The van der Waals surface area contributed by atoms with Gasteiger partial charge in [0.05, 0.1) is 12.1 Å². The number of pyridine rings is 1. The monoisotopic (exact) mass is 349 g/mol. The van der Waals surface area contributed by atoms with Crippen LogP contribution in [0.3, 0.4) is 0 Å². The van der Waals surface area contributed by atoms with Gasteiger partial charge in [-0.1, -0.05) is 34.1 Å². The second-order valence-electron chi connectivity index (χ2n) is 4.60. The Morgan fingerprint density at radius 3 is 2.57 bits per heavy atom. The average molecular weight is 350 g/mol.